The maximum atomic E-state index is 12.3. The van der Waals surface area contributed by atoms with E-state index in [0.29, 0.717) is 17.1 Å². The van der Waals surface area contributed by atoms with Gasteiger partial charge in [-0.25, -0.2) is 0 Å². The van der Waals surface area contributed by atoms with Gasteiger partial charge < -0.3 is 5.32 Å². The van der Waals surface area contributed by atoms with E-state index >= 15 is 0 Å². The molecule has 2 bridgehead atoms. The van der Waals surface area contributed by atoms with Crippen LogP contribution in [0.3, 0.4) is 0 Å². The number of fused-ring (bicyclic) bond motifs is 1. The predicted molar refractivity (Wildman–Crippen MR) is 77.9 cm³/mol. The molecular formula is C17H27NO. The van der Waals surface area contributed by atoms with Gasteiger partial charge in [0.1, 0.15) is 0 Å². The van der Waals surface area contributed by atoms with E-state index < -0.39 is 0 Å². The molecule has 19 heavy (non-hydrogen) atoms. The molecule has 3 aliphatic rings. The van der Waals surface area contributed by atoms with Crippen LogP contribution in [0.15, 0.2) is 11.1 Å². The second kappa shape index (κ2) is 4.18. The van der Waals surface area contributed by atoms with Gasteiger partial charge in [-0.3, -0.25) is 4.79 Å². The molecule has 3 rings (SSSR count). The lowest BCUT2D eigenvalue weighted by atomic mass is 9.51. The molecule has 0 aromatic carbocycles. The largest absolute Gasteiger partial charge is 0.320 e. The fourth-order valence-corrected chi connectivity index (χ4v) is 5.68. The second-order valence-electron chi connectivity index (χ2n) is 7.33. The van der Waals surface area contributed by atoms with Gasteiger partial charge in [0, 0.05) is 11.8 Å². The highest BCUT2D eigenvalue weighted by Gasteiger charge is 2.66. The molecule has 0 aromatic heterocycles. The summed E-state index contributed by atoms with van der Waals surface area (Å²) in [7, 11) is 2.04. The standard InChI is InChI=1S/C17H27NO/c1-11-5-6-13-9-14-12(2)15(19)10-17(11,14)16(13,3)7-8-18-4/h11,13,18H,5-10H2,1-4H3. The summed E-state index contributed by atoms with van der Waals surface area (Å²) < 4.78 is 0. The molecule has 0 heterocycles. The van der Waals surface area contributed by atoms with E-state index in [1.54, 1.807) is 5.57 Å². The molecule has 2 saturated carbocycles. The van der Waals surface area contributed by atoms with Crippen molar-refractivity contribution in [2.24, 2.45) is 22.7 Å². The van der Waals surface area contributed by atoms with Crippen molar-refractivity contribution in [3.8, 4) is 0 Å². The first-order chi connectivity index (χ1) is 8.97. The van der Waals surface area contributed by atoms with E-state index in [9.17, 15) is 4.79 Å². The van der Waals surface area contributed by atoms with Gasteiger partial charge in [-0.05, 0) is 69.0 Å². The topological polar surface area (TPSA) is 29.1 Å². The van der Waals surface area contributed by atoms with Crippen LogP contribution in [0.4, 0.5) is 0 Å². The number of rotatable bonds is 3. The quantitative estimate of drug-likeness (QED) is 0.844. The highest BCUT2D eigenvalue weighted by atomic mass is 16.1. The predicted octanol–water partition coefficient (Wildman–Crippen LogP) is 3.33. The van der Waals surface area contributed by atoms with Crippen molar-refractivity contribution < 1.29 is 4.79 Å². The zero-order valence-electron chi connectivity index (χ0n) is 12.8. The molecule has 106 valence electrons. The number of hydrogen-bond donors (Lipinski definition) is 1. The molecule has 1 spiro atoms. The van der Waals surface area contributed by atoms with Crippen molar-refractivity contribution in [3.05, 3.63) is 11.1 Å². The van der Waals surface area contributed by atoms with Crippen molar-refractivity contribution in [2.75, 3.05) is 13.6 Å². The Labute approximate surface area is 117 Å². The minimum Gasteiger partial charge on any atom is -0.320 e. The molecule has 0 radical (unpaired) electrons. The van der Waals surface area contributed by atoms with Gasteiger partial charge in [-0.15, -0.1) is 0 Å². The van der Waals surface area contributed by atoms with Gasteiger partial charge in [0.15, 0.2) is 5.78 Å². The minimum atomic E-state index is 0.202. The number of hydrogen-bond acceptors (Lipinski definition) is 2. The molecule has 4 unspecified atom stereocenters. The van der Waals surface area contributed by atoms with E-state index in [2.05, 4.69) is 26.1 Å². The minimum absolute atomic E-state index is 0.202. The Morgan fingerprint density at radius 1 is 1.37 bits per heavy atom. The molecule has 1 N–H and O–H groups in total. The van der Waals surface area contributed by atoms with Crippen molar-refractivity contribution in [1.82, 2.24) is 5.32 Å². The van der Waals surface area contributed by atoms with Gasteiger partial charge in [0.05, 0.1) is 0 Å². The molecule has 3 aliphatic carbocycles. The SMILES string of the molecule is CNCCC1(C)C2CCC(C)C13CC(=O)C(C)=C3C2. The summed E-state index contributed by atoms with van der Waals surface area (Å²) in [6, 6.07) is 0. The summed E-state index contributed by atoms with van der Waals surface area (Å²) in [6.07, 6.45) is 5.87. The van der Waals surface area contributed by atoms with Crippen LogP contribution in [0, 0.1) is 22.7 Å². The van der Waals surface area contributed by atoms with Crippen molar-refractivity contribution in [3.63, 3.8) is 0 Å². The lowest BCUT2D eigenvalue weighted by Crippen LogP contribution is -2.48. The molecule has 4 atom stereocenters. The summed E-state index contributed by atoms with van der Waals surface area (Å²) in [6.45, 7) is 8.02. The van der Waals surface area contributed by atoms with Gasteiger partial charge >= 0.3 is 0 Å². The highest BCUT2D eigenvalue weighted by Crippen LogP contribution is 2.73. The van der Waals surface area contributed by atoms with E-state index in [0.717, 1.165) is 24.5 Å². The lowest BCUT2D eigenvalue weighted by Gasteiger charge is -2.53. The smallest absolute Gasteiger partial charge is 0.159 e. The van der Waals surface area contributed by atoms with Crippen LogP contribution in [-0.4, -0.2) is 19.4 Å². The molecule has 0 aliphatic heterocycles. The van der Waals surface area contributed by atoms with E-state index in [1.165, 1.54) is 25.7 Å². The zero-order chi connectivity index (χ0) is 13.8. The Kier molecular flexibility index (Phi) is 2.94. The third-order valence-corrected chi connectivity index (χ3v) is 6.90. The Bertz CT molecular complexity index is 452. The van der Waals surface area contributed by atoms with E-state index in [1.807, 2.05) is 7.05 Å². The third kappa shape index (κ3) is 1.44. The first-order valence-corrected chi connectivity index (χ1v) is 7.85. The fourth-order valence-electron chi connectivity index (χ4n) is 5.68. The van der Waals surface area contributed by atoms with Crippen LogP contribution < -0.4 is 5.32 Å². The summed E-state index contributed by atoms with van der Waals surface area (Å²) in [5.41, 5.74) is 3.20. The Balaban J connectivity index is 2.10. The van der Waals surface area contributed by atoms with Crippen LogP contribution in [0.5, 0.6) is 0 Å². The Morgan fingerprint density at radius 2 is 2.11 bits per heavy atom. The average molecular weight is 261 g/mol. The zero-order valence-corrected chi connectivity index (χ0v) is 12.8. The summed E-state index contributed by atoms with van der Waals surface area (Å²) in [5, 5.41) is 3.32. The maximum Gasteiger partial charge on any atom is 0.159 e. The van der Waals surface area contributed by atoms with Crippen LogP contribution >= 0.6 is 0 Å². The summed E-state index contributed by atoms with van der Waals surface area (Å²) in [4.78, 5) is 12.3. The first kappa shape index (κ1) is 13.4. The average Bonchev–Trinajstić information content (AvgIpc) is 2.70. The molecular weight excluding hydrogens is 234 g/mol. The number of Topliss-reactive ketones (excluding diaryl/α,β-unsaturated/α-hetero) is 1. The molecule has 2 fully saturated rings. The number of allylic oxidation sites excluding steroid dienone is 2. The summed E-state index contributed by atoms with van der Waals surface area (Å²) in [5.74, 6) is 1.90. The van der Waals surface area contributed by atoms with E-state index in [4.69, 9.17) is 0 Å². The highest BCUT2D eigenvalue weighted by molar-refractivity contribution is 6.00. The van der Waals surface area contributed by atoms with Crippen LogP contribution in [0.2, 0.25) is 0 Å². The maximum absolute atomic E-state index is 12.3. The van der Waals surface area contributed by atoms with Crippen LogP contribution in [0.1, 0.15) is 52.9 Å². The van der Waals surface area contributed by atoms with Gasteiger partial charge in [-0.1, -0.05) is 19.4 Å². The Morgan fingerprint density at radius 3 is 2.79 bits per heavy atom. The second-order valence-corrected chi connectivity index (χ2v) is 7.33. The third-order valence-electron chi connectivity index (χ3n) is 6.90. The normalized spacial score (nSPS) is 44.9. The van der Waals surface area contributed by atoms with Crippen LogP contribution in [-0.2, 0) is 4.79 Å². The molecule has 2 nitrogen and oxygen atoms in total. The number of ketones is 1. The fraction of sp³-hybridized carbons (Fsp3) is 0.824. The van der Waals surface area contributed by atoms with E-state index in [-0.39, 0.29) is 5.41 Å². The molecule has 0 saturated heterocycles. The molecule has 2 heteroatoms. The van der Waals surface area contributed by atoms with Crippen molar-refractivity contribution >= 4 is 5.78 Å². The van der Waals surface area contributed by atoms with Crippen molar-refractivity contribution in [1.29, 1.82) is 0 Å². The molecule has 0 amide bonds. The monoisotopic (exact) mass is 261 g/mol. The van der Waals surface area contributed by atoms with Gasteiger partial charge in [0.25, 0.3) is 0 Å². The van der Waals surface area contributed by atoms with Crippen LogP contribution in [0.25, 0.3) is 0 Å². The lowest BCUT2D eigenvalue weighted by molar-refractivity contribution is -0.120. The Hall–Kier alpha value is -0.630. The van der Waals surface area contributed by atoms with Gasteiger partial charge in [-0.2, -0.15) is 0 Å². The van der Waals surface area contributed by atoms with Crippen molar-refractivity contribution in [2.45, 2.75) is 52.9 Å². The number of carbonyl (C=O) groups is 1. The number of nitrogens with one attached hydrogen (secondary N) is 1. The van der Waals surface area contributed by atoms with Gasteiger partial charge in [0.2, 0.25) is 0 Å². The summed E-state index contributed by atoms with van der Waals surface area (Å²) >= 11 is 0. The first-order valence-electron chi connectivity index (χ1n) is 7.85. The molecule has 0 aromatic rings. The number of carbonyl (C=O) groups excluding carboxylic acids is 1.